The molecular formula is C56H60N2O6S2. The molecule has 0 N–H and O–H groups in total. The molecule has 14 rings (SSSR count). The summed E-state index contributed by atoms with van der Waals surface area (Å²) in [5.74, 6) is 3.25. The average Bonchev–Trinajstić information content (AvgIpc) is 4.06. The van der Waals surface area contributed by atoms with Crippen molar-refractivity contribution in [3.63, 3.8) is 0 Å². The van der Waals surface area contributed by atoms with Crippen molar-refractivity contribution in [2.24, 2.45) is 69.2 Å². The Bertz CT molecular complexity index is 2440. The van der Waals surface area contributed by atoms with Gasteiger partial charge in [-0.15, -0.1) is 22.7 Å². The Labute approximate surface area is 395 Å². The summed E-state index contributed by atoms with van der Waals surface area (Å²) in [5.41, 5.74) is 4.46. The molecule has 0 saturated heterocycles. The molecule has 2 aromatic heterocycles. The first-order chi connectivity index (χ1) is 32.2. The van der Waals surface area contributed by atoms with Gasteiger partial charge in [0.1, 0.15) is 32.7 Å². The Morgan fingerprint density at radius 1 is 0.455 bits per heavy atom. The monoisotopic (exact) mass is 920 g/mol. The van der Waals surface area contributed by atoms with Crippen LogP contribution in [0.2, 0.25) is 0 Å². The predicted octanol–water partition coefficient (Wildman–Crippen LogP) is 12.7. The molecule has 0 bridgehead atoms. The van der Waals surface area contributed by atoms with Gasteiger partial charge in [-0.1, -0.05) is 88.5 Å². The van der Waals surface area contributed by atoms with E-state index in [1.54, 1.807) is 22.7 Å². The molecule has 66 heavy (non-hydrogen) atoms. The first-order valence-corrected chi connectivity index (χ1v) is 27.8. The van der Waals surface area contributed by atoms with Crippen LogP contribution in [-0.4, -0.2) is 45.8 Å². The van der Waals surface area contributed by atoms with E-state index in [2.05, 4.69) is 24.3 Å². The first-order valence-electron chi connectivity index (χ1n) is 26.1. The van der Waals surface area contributed by atoms with E-state index in [-0.39, 0.29) is 70.1 Å². The lowest BCUT2D eigenvalue weighted by atomic mass is 9.64. The summed E-state index contributed by atoms with van der Waals surface area (Å²) in [6, 6.07) is 4.04. The third kappa shape index (κ3) is 6.16. The fourth-order valence-corrected chi connectivity index (χ4v) is 18.1. The zero-order chi connectivity index (χ0) is 44.1. The molecule has 0 amide bonds. The van der Waals surface area contributed by atoms with Crippen molar-refractivity contribution >= 4 is 78.4 Å². The van der Waals surface area contributed by atoms with Gasteiger partial charge in [0.2, 0.25) is 0 Å². The van der Waals surface area contributed by atoms with E-state index < -0.39 is 11.2 Å². The summed E-state index contributed by atoms with van der Waals surface area (Å²) < 4.78 is 14.4. The van der Waals surface area contributed by atoms with Crippen LogP contribution in [0.15, 0.2) is 57.6 Å². The van der Waals surface area contributed by atoms with Crippen LogP contribution in [-0.2, 0) is 19.2 Å². The highest BCUT2D eigenvalue weighted by Crippen LogP contribution is 2.61. The van der Waals surface area contributed by atoms with E-state index in [4.69, 9.17) is 19.5 Å². The summed E-state index contributed by atoms with van der Waals surface area (Å²) in [5, 5.41) is 1.38. The van der Waals surface area contributed by atoms with Crippen LogP contribution < -0.4 is 9.47 Å². The molecule has 4 heterocycles. The predicted molar refractivity (Wildman–Crippen MR) is 258 cm³/mol. The summed E-state index contributed by atoms with van der Waals surface area (Å²) >= 11 is 3.14. The number of fused-ring (bicyclic) bond motifs is 13. The SMILES string of the molecule is O=C1C(=Nc2cc3c(s2)C2=CC4C=C5C(=CC4C=C2C2(CCCCC2)O3)c2sc(N=C3C(=O)C4CC6CCCCC6CC4C3=O)cc2OC52CCCCC2)C(=O)C2CC3CCCCC3CC12. The third-order valence-electron chi connectivity index (χ3n) is 19.3. The van der Waals surface area contributed by atoms with Gasteiger partial charge in [-0.3, -0.25) is 19.2 Å². The molecule has 2 spiro atoms. The number of carbonyl (C=O) groups excluding carboxylic acids is 4. The minimum Gasteiger partial charge on any atom is -0.481 e. The number of ether oxygens (including phenoxy) is 2. The minimum absolute atomic E-state index is 0.0305. The molecule has 2 aliphatic heterocycles. The maximum atomic E-state index is 14.0. The van der Waals surface area contributed by atoms with E-state index in [0.29, 0.717) is 33.7 Å². The second-order valence-corrected chi connectivity index (χ2v) is 24.8. The maximum absolute atomic E-state index is 14.0. The van der Waals surface area contributed by atoms with Crippen molar-refractivity contribution in [3.05, 3.63) is 57.3 Å². The lowest BCUT2D eigenvalue weighted by Gasteiger charge is -2.48. The Kier molecular flexibility index (Phi) is 9.47. The van der Waals surface area contributed by atoms with Crippen LogP contribution >= 0.6 is 22.7 Å². The van der Waals surface area contributed by atoms with Crippen LogP contribution in [0.5, 0.6) is 11.5 Å². The molecule has 8 saturated carbocycles. The third-order valence-corrected chi connectivity index (χ3v) is 21.4. The Morgan fingerprint density at radius 3 is 1.15 bits per heavy atom. The summed E-state index contributed by atoms with van der Waals surface area (Å²) in [6.07, 6.45) is 33.6. The van der Waals surface area contributed by atoms with E-state index in [1.165, 1.54) is 86.5 Å². The molecule has 10 heteroatoms. The quantitative estimate of drug-likeness (QED) is 0.297. The Hall–Kier alpha value is -4.02. The Morgan fingerprint density at radius 2 is 0.803 bits per heavy atom. The first kappa shape index (κ1) is 41.0. The number of nitrogens with zero attached hydrogens (tertiary/aromatic N) is 2. The number of Topliss-reactive ketones (excluding diaryl/α,β-unsaturated/α-hetero) is 4. The number of ketones is 4. The number of hydrogen-bond donors (Lipinski definition) is 0. The van der Waals surface area contributed by atoms with Gasteiger partial charge in [0.05, 0.1) is 9.75 Å². The van der Waals surface area contributed by atoms with Crippen molar-refractivity contribution < 1.29 is 28.7 Å². The smallest absolute Gasteiger partial charge is 0.188 e. The largest absolute Gasteiger partial charge is 0.481 e. The normalized spacial score (nSPS) is 36.7. The zero-order valence-electron chi connectivity index (χ0n) is 38.0. The zero-order valence-corrected chi connectivity index (χ0v) is 39.6. The van der Waals surface area contributed by atoms with Crippen LogP contribution in [0.4, 0.5) is 10.0 Å². The second-order valence-electron chi connectivity index (χ2n) is 22.7. The minimum atomic E-state index is -0.437. The fraction of sp³-hybridized carbons (Fsp3) is 0.607. The van der Waals surface area contributed by atoms with Crippen LogP contribution in [0.1, 0.15) is 151 Å². The molecule has 12 aliphatic rings. The summed E-state index contributed by atoms with van der Waals surface area (Å²) in [4.78, 5) is 67.9. The van der Waals surface area contributed by atoms with Gasteiger partial charge in [-0.2, -0.15) is 0 Å². The van der Waals surface area contributed by atoms with Crippen molar-refractivity contribution in [1.82, 2.24) is 0 Å². The van der Waals surface area contributed by atoms with Gasteiger partial charge in [0.15, 0.2) is 34.6 Å². The summed E-state index contributed by atoms with van der Waals surface area (Å²) in [6.45, 7) is 0. The number of allylic oxidation sites excluding steroid dienone is 4. The number of carbonyl (C=O) groups is 4. The van der Waals surface area contributed by atoms with Crippen LogP contribution in [0, 0.1) is 59.2 Å². The van der Waals surface area contributed by atoms with Gasteiger partial charge in [0.25, 0.3) is 0 Å². The maximum Gasteiger partial charge on any atom is 0.188 e. The number of thiophene rings is 2. The lowest BCUT2D eigenvalue weighted by Crippen LogP contribution is -2.45. The van der Waals surface area contributed by atoms with Gasteiger partial charge < -0.3 is 9.47 Å². The summed E-state index contributed by atoms with van der Waals surface area (Å²) in [7, 11) is 0. The molecule has 10 aliphatic carbocycles. The average molecular weight is 921 g/mol. The molecular weight excluding hydrogens is 861 g/mol. The molecule has 0 radical (unpaired) electrons. The topological polar surface area (TPSA) is 111 Å². The van der Waals surface area contributed by atoms with E-state index in [9.17, 15) is 19.2 Å². The van der Waals surface area contributed by atoms with E-state index >= 15 is 0 Å². The second kappa shape index (κ2) is 15.2. The molecule has 8 fully saturated rings. The highest BCUT2D eigenvalue weighted by atomic mass is 32.1. The van der Waals surface area contributed by atoms with Crippen LogP contribution in [0.25, 0.3) is 11.1 Å². The molecule has 10 unspecified atom stereocenters. The number of rotatable bonds is 2. The van der Waals surface area contributed by atoms with Crippen molar-refractivity contribution in [1.29, 1.82) is 0 Å². The fourth-order valence-electron chi connectivity index (χ4n) is 16.1. The Balaban J connectivity index is 0.817. The molecule has 2 aromatic rings. The highest BCUT2D eigenvalue weighted by molar-refractivity contribution is 7.17. The van der Waals surface area contributed by atoms with Crippen molar-refractivity contribution in [3.8, 4) is 11.5 Å². The van der Waals surface area contributed by atoms with Gasteiger partial charge >= 0.3 is 0 Å². The molecule has 8 nitrogen and oxygen atoms in total. The molecule has 342 valence electrons. The lowest BCUT2D eigenvalue weighted by molar-refractivity contribution is -0.123. The van der Waals surface area contributed by atoms with E-state index in [1.807, 2.05) is 12.1 Å². The van der Waals surface area contributed by atoms with E-state index in [0.717, 1.165) is 98.3 Å². The van der Waals surface area contributed by atoms with Crippen molar-refractivity contribution in [2.45, 2.75) is 152 Å². The number of hydrogen-bond acceptors (Lipinski definition) is 10. The highest BCUT2D eigenvalue weighted by Gasteiger charge is 2.55. The standard InChI is InChI=1S/C56H60N2O6S2/c59-49-35-19-29-11-3-4-12-30(29)20-36(35)50(60)47(49)57-45-27-43-53(65-45)39-23-34-26-42-40(24-33(34)25-41(39)55(63-43)15-7-1-8-16-55)54-44(64-56(42)17-9-2-10-18-56)28-46(66-54)58-48-51(61)37-21-31-13-5-6-14-32(31)22-38(37)52(48)62/h23-38H,1-22H2. The van der Waals surface area contributed by atoms with Crippen molar-refractivity contribution in [2.75, 3.05) is 0 Å². The molecule has 0 aromatic carbocycles. The van der Waals surface area contributed by atoms with Gasteiger partial charge in [-0.25, -0.2) is 9.98 Å². The number of aliphatic imine (C=N–C) groups is 2. The molecule has 10 atom stereocenters. The van der Waals surface area contributed by atoms with Gasteiger partial charge in [-0.05, 0) is 112 Å². The van der Waals surface area contributed by atoms with Gasteiger partial charge in [0, 0.05) is 58.8 Å². The van der Waals surface area contributed by atoms with Crippen LogP contribution in [0.3, 0.4) is 0 Å².